The highest BCUT2D eigenvalue weighted by molar-refractivity contribution is 5.76. The first-order valence-electron chi connectivity index (χ1n) is 9.81. The minimum Gasteiger partial charge on any atom is -0.352 e. The molecule has 7 nitrogen and oxygen atoms in total. The minimum absolute atomic E-state index is 0.101. The van der Waals surface area contributed by atoms with E-state index in [0.29, 0.717) is 18.6 Å². The second-order valence-corrected chi connectivity index (χ2v) is 7.51. The molecule has 1 aliphatic rings. The van der Waals surface area contributed by atoms with Gasteiger partial charge in [0.1, 0.15) is 6.33 Å². The number of carbonyl (C=O) groups excluding carboxylic acids is 1. The van der Waals surface area contributed by atoms with Crippen molar-refractivity contribution in [1.82, 2.24) is 29.8 Å². The highest BCUT2D eigenvalue weighted by atomic mass is 16.1. The van der Waals surface area contributed by atoms with Gasteiger partial charge >= 0.3 is 0 Å². The van der Waals surface area contributed by atoms with E-state index in [9.17, 15) is 4.79 Å². The largest absolute Gasteiger partial charge is 0.352 e. The van der Waals surface area contributed by atoms with Crippen LogP contribution in [0.25, 0.3) is 5.78 Å². The number of fused-ring (bicyclic) bond motifs is 1. The number of nitrogens with one attached hydrogen (secondary N) is 1. The predicted octanol–water partition coefficient (Wildman–Crippen LogP) is 2.06. The topological polar surface area (TPSA) is 75.4 Å². The van der Waals surface area contributed by atoms with Crippen molar-refractivity contribution in [2.75, 3.05) is 13.1 Å². The second kappa shape index (κ2) is 8.06. The number of hydrogen-bond acceptors (Lipinski definition) is 5. The molecule has 0 bridgehead atoms. The maximum absolute atomic E-state index is 12.5. The van der Waals surface area contributed by atoms with Crippen LogP contribution < -0.4 is 5.32 Å². The zero-order valence-electron chi connectivity index (χ0n) is 16.4. The lowest BCUT2D eigenvalue weighted by atomic mass is 10.1. The molecular formula is C21H26N6O. The summed E-state index contributed by atoms with van der Waals surface area (Å²) in [7, 11) is 0. The standard InChI is InChI=1S/C21H26N6O/c1-15-19(16(2)27-21(24-15)22-14-23-27)8-9-20(28)25-18-10-11-26(13-18)12-17-6-4-3-5-7-17/h3-7,14,18H,8-13H2,1-2H3,(H,25,28). The van der Waals surface area contributed by atoms with E-state index in [2.05, 4.69) is 49.5 Å². The van der Waals surface area contributed by atoms with Crippen LogP contribution in [0.15, 0.2) is 36.7 Å². The van der Waals surface area contributed by atoms with Crippen LogP contribution in [0.3, 0.4) is 0 Å². The lowest BCUT2D eigenvalue weighted by molar-refractivity contribution is -0.121. The van der Waals surface area contributed by atoms with E-state index in [-0.39, 0.29) is 11.9 Å². The molecule has 4 rings (SSSR count). The van der Waals surface area contributed by atoms with Gasteiger partial charge in [-0.15, -0.1) is 0 Å². The van der Waals surface area contributed by atoms with Crippen molar-refractivity contribution in [3.63, 3.8) is 0 Å². The average Bonchev–Trinajstić information content (AvgIpc) is 3.32. The van der Waals surface area contributed by atoms with Crippen molar-refractivity contribution in [3.8, 4) is 0 Å². The Kier molecular flexibility index (Phi) is 5.34. The number of benzene rings is 1. The molecule has 1 fully saturated rings. The van der Waals surface area contributed by atoms with E-state index in [1.807, 2.05) is 19.9 Å². The van der Waals surface area contributed by atoms with Crippen LogP contribution in [-0.4, -0.2) is 49.5 Å². The number of nitrogens with zero attached hydrogens (tertiary/aromatic N) is 5. The number of aryl methyl sites for hydroxylation is 2. The number of aromatic nitrogens is 4. The number of amides is 1. The van der Waals surface area contributed by atoms with Gasteiger partial charge in [0.15, 0.2) is 0 Å². The molecule has 0 saturated carbocycles. The highest BCUT2D eigenvalue weighted by Gasteiger charge is 2.24. The first-order chi connectivity index (χ1) is 13.6. The summed E-state index contributed by atoms with van der Waals surface area (Å²) in [6, 6.07) is 10.7. The smallest absolute Gasteiger partial charge is 0.252 e. The summed E-state index contributed by atoms with van der Waals surface area (Å²) in [6.07, 6.45) is 3.63. The Bertz CT molecular complexity index is 968. The summed E-state index contributed by atoms with van der Waals surface area (Å²) < 4.78 is 1.73. The van der Waals surface area contributed by atoms with Gasteiger partial charge in [-0.2, -0.15) is 10.1 Å². The van der Waals surface area contributed by atoms with Crippen LogP contribution in [0, 0.1) is 13.8 Å². The lowest BCUT2D eigenvalue weighted by Gasteiger charge is -2.17. The van der Waals surface area contributed by atoms with Crippen LogP contribution in [0.2, 0.25) is 0 Å². The zero-order valence-corrected chi connectivity index (χ0v) is 16.4. The van der Waals surface area contributed by atoms with Crippen LogP contribution in [-0.2, 0) is 17.8 Å². The molecule has 0 spiro atoms. The molecule has 0 radical (unpaired) electrons. The summed E-state index contributed by atoms with van der Waals surface area (Å²) in [5.74, 6) is 0.705. The summed E-state index contributed by atoms with van der Waals surface area (Å²) in [6.45, 7) is 6.83. The van der Waals surface area contributed by atoms with Crippen LogP contribution in [0.5, 0.6) is 0 Å². The van der Waals surface area contributed by atoms with Gasteiger partial charge in [0.2, 0.25) is 5.91 Å². The van der Waals surface area contributed by atoms with Gasteiger partial charge in [-0.25, -0.2) is 9.50 Å². The van der Waals surface area contributed by atoms with Gasteiger partial charge in [-0.05, 0) is 37.8 Å². The van der Waals surface area contributed by atoms with Crippen molar-refractivity contribution >= 4 is 11.7 Å². The monoisotopic (exact) mass is 378 g/mol. The number of carbonyl (C=O) groups is 1. The predicted molar refractivity (Wildman–Crippen MR) is 107 cm³/mol. The molecule has 1 saturated heterocycles. The maximum Gasteiger partial charge on any atom is 0.252 e. The van der Waals surface area contributed by atoms with E-state index in [1.165, 1.54) is 11.9 Å². The number of likely N-dealkylation sites (tertiary alicyclic amines) is 1. The van der Waals surface area contributed by atoms with Gasteiger partial charge in [0.25, 0.3) is 5.78 Å². The Hall–Kier alpha value is -2.80. The average molecular weight is 378 g/mol. The van der Waals surface area contributed by atoms with Gasteiger partial charge < -0.3 is 5.32 Å². The molecule has 146 valence electrons. The van der Waals surface area contributed by atoms with Crippen LogP contribution in [0.1, 0.15) is 35.4 Å². The summed E-state index contributed by atoms with van der Waals surface area (Å²) in [5, 5.41) is 7.41. The van der Waals surface area contributed by atoms with Crippen molar-refractivity contribution in [2.24, 2.45) is 0 Å². The van der Waals surface area contributed by atoms with E-state index in [0.717, 1.165) is 43.0 Å². The van der Waals surface area contributed by atoms with Gasteiger partial charge in [0.05, 0.1) is 0 Å². The molecule has 3 aromatic rings. The molecule has 1 atom stereocenters. The molecule has 0 aliphatic carbocycles. The maximum atomic E-state index is 12.5. The molecular weight excluding hydrogens is 352 g/mol. The van der Waals surface area contributed by atoms with Gasteiger partial charge in [-0.1, -0.05) is 30.3 Å². The lowest BCUT2D eigenvalue weighted by Crippen LogP contribution is -2.37. The van der Waals surface area contributed by atoms with E-state index in [1.54, 1.807) is 4.52 Å². The Labute approximate surface area is 164 Å². The zero-order chi connectivity index (χ0) is 19.5. The van der Waals surface area contributed by atoms with Crippen molar-refractivity contribution < 1.29 is 4.79 Å². The third-order valence-electron chi connectivity index (χ3n) is 5.48. The Morgan fingerprint density at radius 2 is 2.07 bits per heavy atom. The Morgan fingerprint density at radius 1 is 1.25 bits per heavy atom. The fourth-order valence-electron chi connectivity index (χ4n) is 3.99. The summed E-state index contributed by atoms with van der Waals surface area (Å²) in [4.78, 5) is 23.5. The van der Waals surface area contributed by atoms with Gasteiger partial charge in [-0.3, -0.25) is 9.69 Å². The van der Waals surface area contributed by atoms with Crippen molar-refractivity contribution in [3.05, 3.63) is 59.2 Å². The van der Waals surface area contributed by atoms with Crippen LogP contribution in [0.4, 0.5) is 0 Å². The molecule has 1 aliphatic heterocycles. The highest BCUT2D eigenvalue weighted by Crippen LogP contribution is 2.16. The van der Waals surface area contributed by atoms with Gasteiger partial charge in [0, 0.05) is 43.5 Å². The van der Waals surface area contributed by atoms with Crippen molar-refractivity contribution in [2.45, 2.75) is 45.7 Å². The first kappa shape index (κ1) is 18.6. The molecule has 1 unspecified atom stereocenters. The third kappa shape index (κ3) is 4.04. The molecule has 7 heteroatoms. The minimum atomic E-state index is 0.101. The van der Waals surface area contributed by atoms with Crippen molar-refractivity contribution in [1.29, 1.82) is 0 Å². The SMILES string of the molecule is Cc1nc2ncnn2c(C)c1CCC(=O)NC1CCN(Cc2ccccc2)C1. The molecule has 28 heavy (non-hydrogen) atoms. The molecule has 1 aromatic carbocycles. The van der Waals surface area contributed by atoms with E-state index < -0.39 is 0 Å². The third-order valence-corrected chi connectivity index (χ3v) is 5.48. The fraction of sp³-hybridized carbons (Fsp3) is 0.429. The molecule has 3 heterocycles. The quantitative estimate of drug-likeness (QED) is 0.711. The summed E-state index contributed by atoms with van der Waals surface area (Å²) in [5.41, 5.74) is 4.31. The number of rotatable bonds is 6. The fourth-order valence-corrected chi connectivity index (χ4v) is 3.99. The Balaban J connectivity index is 1.29. The second-order valence-electron chi connectivity index (χ2n) is 7.51. The summed E-state index contributed by atoms with van der Waals surface area (Å²) >= 11 is 0. The first-order valence-corrected chi connectivity index (χ1v) is 9.81. The Morgan fingerprint density at radius 3 is 2.89 bits per heavy atom. The normalized spacial score (nSPS) is 17.3. The van der Waals surface area contributed by atoms with E-state index >= 15 is 0 Å². The molecule has 1 N–H and O–H groups in total. The number of hydrogen-bond donors (Lipinski definition) is 1. The van der Waals surface area contributed by atoms with E-state index in [4.69, 9.17) is 0 Å². The molecule has 1 amide bonds. The molecule has 2 aromatic heterocycles. The van der Waals surface area contributed by atoms with Crippen LogP contribution >= 0.6 is 0 Å².